The SMILES string of the molecule is COc1ccc(-c2sc(NC(C)(C)C3CCCCC3)nc2C)cc1S(=O)(=O)Nc1c(C)cccc1F. The number of aryl methyl sites for hydroxylation is 2. The van der Waals surface area contributed by atoms with Gasteiger partial charge in [-0.1, -0.05) is 42.7 Å². The van der Waals surface area contributed by atoms with Crippen molar-refractivity contribution in [3.05, 3.63) is 53.5 Å². The largest absolute Gasteiger partial charge is 0.495 e. The van der Waals surface area contributed by atoms with E-state index in [1.54, 1.807) is 25.1 Å². The molecule has 0 radical (unpaired) electrons. The van der Waals surface area contributed by atoms with E-state index in [9.17, 15) is 12.8 Å². The number of aromatic nitrogens is 1. The predicted octanol–water partition coefficient (Wildman–Crippen LogP) is 7.15. The Balaban J connectivity index is 1.66. The highest BCUT2D eigenvalue weighted by Gasteiger charge is 2.31. The van der Waals surface area contributed by atoms with Crippen molar-refractivity contribution < 1.29 is 17.5 Å². The molecule has 194 valence electrons. The lowest BCUT2D eigenvalue weighted by molar-refractivity contribution is 0.258. The highest BCUT2D eigenvalue weighted by Crippen LogP contribution is 2.40. The van der Waals surface area contributed by atoms with Crippen molar-refractivity contribution in [2.75, 3.05) is 17.1 Å². The molecule has 0 amide bonds. The molecule has 36 heavy (non-hydrogen) atoms. The zero-order valence-corrected chi connectivity index (χ0v) is 23.1. The second kappa shape index (κ2) is 10.4. The zero-order valence-electron chi connectivity index (χ0n) is 21.4. The lowest BCUT2D eigenvalue weighted by Crippen LogP contribution is -2.40. The molecule has 2 N–H and O–H groups in total. The number of hydrogen-bond donors (Lipinski definition) is 2. The maximum Gasteiger partial charge on any atom is 0.265 e. The van der Waals surface area contributed by atoms with Crippen LogP contribution in [0.1, 0.15) is 57.2 Å². The first-order valence-electron chi connectivity index (χ1n) is 12.2. The number of benzene rings is 2. The van der Waals surface area contributed by atoms with E-state index in [1.165, 1.54) is 62.7 Å². The molecule has 1 saturated carbocycles. The van der Waals surface area contributed by atoms with Crippen molar-refractivity contribution >= 4 is 32.2 Å². The van der Waals surface area contributed by atoms with Crippen LogP contribution in [0.25, 0.3) is 10.4 Å². The number of anilines is 2. The second-order valence-corrected chi connectivity index (χ2v) is 12.7. The topological polar surface area (TPSA) is 80.3 Å². The summed E-state index contributed by atoms with van der Waals surface area (Å²) >= 11 is 1.51. The van der Waals surface area contributed by atoms with Crippen molar-refractivity contribution in [2.45, 2.75) is 70.2 Å². The molecule has 1 fully saturated rings. The van der Waals surface area contributed by atoms with E-state index in [2.05, 4.69) is 23.9 Å². The monoisotopic (exact) mass is 531 g/mol. The Morgan fingerprint density at radius 2 is 1.83 bits per heavy atom. The number of thiazole rings is 1. The normalized spacial score (nSPS) is 15.1. The standard InChI is InChI=1S/C27H34FN3O3S2/c1-17-10-9-13-21(28)24(17)31-36(32,33)23-16-19(14-15-22(23)34-5)25-18(2)29-26(35-25)30-27(3,4)20-11-7-6-8-12-20/h9-10,13-16,20,31H,6-8,11-12H2,1-5H3,(H,29,30). The Labute approximate surface area is 217 Å². The van der Waals surface area contributed by atoms with Gasteiger partial charge in [0.05, 0.1) is 23.4 Å². The molecular weight excluding hydrogens is 497 g/mol. The van der Waals surface area contributed by atoms with Crippen LogP contribution in [-0.2, 0) is 10.0 Å². The zero-order chi connectivity index (χ0) is 26.1. The molecule has 0 unspecified atom stereocenters. The van der Waals surface area contributed by atoms with Gasteiger partial charge in [-0.05, 0) is 81.8 Å². The van der Waals surface area contributed by atoms with Gasteiger partial charge in [-0.2, -0.15) is 0 Å². The van der Waals surface area contributed by atoms with Gasteiger partial charge in [0.15, 0.2) is 5.13 Å². The van der Waals surface area contributed by atoms with E-state index >= 15 is 0 Å². The summed E-state index contributed by atoms with van der Waals surface area (Å²) in [6.07, 6.45) is 6.26. The van der Waals surface area contributed by atoms with Crippen LogP contribution in [0.2, 0.25) is 0 Å². The van der Waals surface area contributed by atoms with Gasteiger partial charge in [0.2, 0.25) is 0 Å². The van der Waals surface area contributed by atoms with Gasteiger partial charge in [-0.15, -0.1) is 0 Å². The number of nitrogens with one attached hydrogen (secondary N) is 2. The number of rotatable bonds is 8. The highest BCUT2D eigenvalue weighted by molar-refractivity contribution is 7.92. The van der Waals surface area contributed by atoms with Gasteiger partial charge in [-0.3, -0.25) is 4.72 Å². The van der Waals surface area contributed by atoms with E-state index in [4.69, 9.17) is 9.72 Å². The third-order valence-corrected chi connectivity index (χ3v) is 9.52. The van der Waals surface area contributed by atoms with Crippen molar-refractivity contribution in [2.24, 2.45) is 5.92 Å². The van der Waals surface area contributed by atoms with Gasteiger partial charge in [0, 0.05) is 5.54 Å². The molecule has 2 aromatic carbocycles. The number of para-hydroxylation sites is 1. The van der Waals surface area contributed by atoms with Gasteiger partial charge in [0.25, 0.3) is 10.0 Å². The lowest BCUT2D eigenvalue weighted by atomic mass is 9.77. The Kier molecular flexibility index (Phi) is 7.61. The summed E-state index contributed by atoms with van der Waals surface area (Å²) < 4.78 is 48.8. The van der Waals surface area contributed by atoms with E-state index in [0.717, 1.165) is 15.7 Å². The van der Waals surface area contributed by atoms with E-state index < -0.39 is 15.8 Å². The predicted molar refractivity (Wildman–Crippen MR) is 145 cm³/mol. The molecule has 9 heteroatoms. The number of halogens is 1. The first-order chi connectivity index (χ1) is 17.0. The van der Waals surface area contributed by atoms with Crippen LogP contribution in [0.4, 0.5) is 15.2 Å². The van der Waals surface area contributed by atoms with E-state index in [-0.39, 0.29) is 21.9 Å². The maximum absolute atomic E-state index is 14.4. The van der Waals surface area contributed by atoms with E-state index in [1.807, 2.05) is 13.0 Å². The van der Waals surface area contributed by atoms with Gasteiger partial charge in [0.1, 0.15) is 16.5 Å². The summed E-state index contributed by atoms with van der Waals surface area (Å²) in [4.78, 5) is 5.57. The molecular formula is C27H34FN3O3S2. The Morgan fingerprint density at radius 3 is 2.50 bits per heavy atom. The fourth-order valence-corrected chi connectivity index (χ4v) is 7.36. The summed E-state index contributed by atoms with van der Waals surface area (Å²) in [5, 5.41) is 4.46. The molecule has 0 spiro atoms. The van der Waals surface area contributed by atoms with Crippen LogP contribution < -0.4 is 14.8 Å². The Bertz CT molecular complexity index is 1330. The average Bonchev–Trinajstić information content (AvgIpc) is 3.20. The minimum Gasteiger partial charge on any atom is -0.495 e. The molecule has 4 rings (SSSR count). The number of sulfonamides is 1. The second-order valence-electron chi connectivity index (χ2n) is 10.0. The van der Waals surface area contributed by atoms with Crippen molar-refractivity contribution in [3.8, 4) is 16.2 Å². The molecule has 0 atom stereocenters. The molecule has 1 aliphatic rings. The molecule has 0 aliphatic heterocycles. The number of nitrogens with zero attached hydrogens (tertiary/aromatic N) is 1. The summed E-state index contributed by atoms with van der Waals surface area (Å²) in [5.41, 5.74) is 1.85. The lowest BCUT2D eigenvalue weighted by Gasteiger charge is -2.37. The van der Waals surface area contributed by atoms with Crippen LogP contribution in [0.15, 0.2) is 41.3 Å². The molecule has 0 bridgehead atoms. The molecule has 1 aliphatic carbocycles. The summed E-state index contributed by atoms with van der Waals surface area (Å²) in [6.45, 7) is 8.03. The van der Waals surface area contributed by atoms with Crippen LogP contribution >= 0.6 is 11.3 Å². The summed E-state index contributed by atoms with van der Waals surface area (Å²) in [6, 6.07) is 9.42. The first kappa shape index (κ1) is 26.4. The van der Waals surface area contributed by atoms with Gasteiger partial charge >= 0.3 is 0 Å². The Hall–Kier alpha value is -2.65. The summed E-state index contributed by atoms with van der Waals surface area (Å²) in [7, 11) is -2.71. The van der Waals surface area contributed by atoms with Crippen LogP contribution in [-0.4, -0.2) is 26.1 Å². The number of ether oxygens (including phenoxy) is 1. The number of hydrogen-bond acceptors (Lipinski definition) is 6. The van der Waals surface area contributed by atoms with Crippen molar-refractivity contribution in [3.63, 3.8) is 0 Å². The maximum atomic E-state index is 14.4. The Morgan fingerprint density at radius 1 is 1.11 bits per heavy atom. The summed E-state index contributed by atoms with van der Waals surface area (Å²) in [5.74, 6) is 0.132. The van der Waals surface area contributed by atoms with Crippen LogP contribution in [0, 0.1) is 25.6 Å². The van der Waals surface area contributed by atoms with Crippen LogP contribution in [0.3, 0.4) is 0 Å². The smallest absolute Gasteiger partial charge is 0.265 e. The van der Waals surface area contributed by atoms with Crippen molar-refractivity contribution in [1.82, 2.24) is 4.98 Å². The molecule has 1 aromatic heterocycles. The highest BCUT2D eigenvalue weighted by atomic mass is 32.2. The number of methoxy groups -OCH3 is 1. The minimum absolute atomic E-state index is 0.0602. The fourth-order valence-electron chi connectivity index (χ4n) is 4.90. The molecule has 3 aromatic rings. The third kappa shape index (κ3) is 5.52. The molecule has 1 heterocycles. The molecule has 6 nitrogen and oxygen atoms in total. The minimum atomic E-state index is -4.13. The van der Waals surface area contributed by atoms with Gasteiger partial charge in [-0.25, -0.2) is 17.8 Å². The van der Waals surface area contributed by atoms with E-state index in [0.29, 0.717) is 17.0 Å². The van der Waals surface area contributed by atoms with Crippen molar-refractivity contribution in [1.29, 1.82) is 0 Å². The average molecular weight is 532 g/mol. The fraction of sp³-hybridized carbons (Fsp3) is 0.444. The molecule has 0 saturated heterocycles. The first-order valence-corrected chi connectivity index (χ1v) is 14.5. The third-order valence-electron chi connectivity index (χ3n) is 7.03. The van der Waals surface area contributed by atoms with Crippen LogP contribution in [0.5, 0.6) is 5.75 Å². The van der Waals surface area contributed by atoms with Gasteiger partial charge < -0.3 is 10.1 Å². The quantitative estimate of drug-likeness (QED) is 0.323.